The minimum absolute atomic E-state index is 0.0301. The van der Waals surface area contributed by atoms with Crippen LogP contribution < -0.4 is 10.4 Å². The van der Waals surface area contributed by atoms with E-state index in [0.717, 1.165) is 33.5 Å². The first kappa shape index (κ1) is 15.9. The Morgan fingerprint density at radius 1 is 0.963 bits per heavy atom. The number of para-hydroxylation sites is 1. The van der Waals surface area contributed by atoms with Gasteiger partial charge in [0.1, 0.15) is 18.2 Å². The minimum Gasteiger partial charge on any atom is -0.488 e. The van der Waals surface area contributed by atoms with Gasteiger partial charge in [0, 0.05) is 17.0 Å². The molecule has 2 N–H and O–H groups in total. The third-order valence-electron chi connectivity index (χ3n) is 5.22. The quantitative estimate of drug-likeness (QED) is 0.561. The highest BCUT2D eigenvalue weighted by Gasteiger charge is 2.26. The molecule has 1 aliphatic heterocycles. The van der Waals surface area contributed by atoms with Gasteiger partial charge in [-0.05, 0) is 41.8 Å². The number of imidazole rings is 1. The highest BCUT2D eigenvalue weighted by Crippen LogP contribution is 2.40. The standard InChI is InChI=1S/C22H17FN2O2/c23-18-6-3-5-14-16(15-4-1-2-7-21(15)27-12-17(14)18)10-13-8-9-19-20(11-13)25-22(26)24-19/h1-9,11,16H,10,12H2,(H2,24,25,26). The van der Waals surface area contributed by atoms with Crippen molar-refractivity contribution in [3.8, 4) is 5.75 Å². The fourth-order valence-corrected chi connectivity index (χ4v) is 3.93. The van der Waals surface area contributed by atoms with E-state index in [1.165, 1.54) is 6.07 Å². The van der Waals surface area contributed by atoms with Crippen LogP contribution in [0.5, 0.6) is 5.75 Å². The summed E-state index contributed by atoms with van der Waals surface area (Å²) in [6.45, 7) is 0.222. The molecule has 2 heterocycles. The van der Waals surface area contributed by atoms with Gasteiger partial charge in [0.25, 0.3) is 0 Å². The molecule has 4 nitrogen and oxygen atoms in total. The van der Waals surface area contributed by atoms with Gasteiger partial charge in [0.2, 0.25) is 0 Å². The smallest absolute Gasteiger partial charge is 0.323 e. The summed E-state index contributed by atoms with van der Waals surface area (Å²) in [6.07, 6.45) is 0.681. The summed E-state index contributed by atoms with van der Waals surface area (Å²) in [5, 5.41) is 0. The van der Waals surface area contributed by atoms with E-state index in [1.54, 1.807) is 6.07 Å². The molecular formula is C22H17FN2O2. The molecule has 0 radical (unpaired) electrons. The summed E-state index contributed by atoms with van der Waals surface area (Å²) in [7, 11) is 0. The molecule has 5 rings (SSSR count). The van der Waals surface area contributed by atoms with E-state index in [9.17, 15) is 9.18 Å². The van der Waals surface area contributed by atoms with Gasteiger partial charge in [-0.1, -0.05) is 36.4 Å². The molecule has 0 saturated heterocycles. The number of benzene rings is 3. The second-order valence-corrected chi connectivity index (χ2v) is 6.85. The fraction of sp³-hybridized carbons (Fsp3) is 0.136. The monoisotopic (exact) mass is 360 g/mol. The number of rotatable bonds is 2. The zero-order chi connectivity index (χ0) is 18.4. The van der Waals surface area contributed by atoms with E-state index in [1.807, 2.05) is 48.5 Å². The SMILES string of the molecule is O=c1[nH]c2ccc(CC3c4ccccc4OCc4c(F)cccc43)cc2[nH]1. The van der Waals surface area contributed by atoms with Crippen molar-refractivity contribution >= 4 is 11.0 Å². The first-order valence-electron chi connectivity index (χ1n) is 8.89. The van der Waals surface area contributed by atoms with Crippen molar-refractivity contribution in [1.29, 1.82) is 0 Å². The van der Waals surface area contributed by atoms with E-state index < -0.39 is 0 Å². The highest BCUT2D eigenvalue weighted by atomic mass is 19.1. The normalized spacial score (nSPS) is 15.7. The molecule has 27 heavy (non-hydrogen) atoms. The maximum atomic E-state index is 14.5. The first-order chi connectivity index (χ1) is 13.2. The van der Waals surface area contributed by atoms with Gasteiger partial charge >= 0.3 is 5.69 Å². The van der Waals surface area contributed by atoms with Gasteiger partial charge < -0.3 is 14.7 Å². The summed E-state index contributed by atoms with van der Waals surface area (Å²) in [4.78, 5) is 17.1. The van der Waals surface area contributed by atoms with Crippen LogP contribution in [0, 0.1) is 5.82 Å². The maximum Gasteiger partial charge on any atom is 0.323 e. The number of hydrogen-bond acceptors (Lipinski definition) is 2. The molecule has 4 aromatic rings. The van der Waals surface area contributed by atoms with Crippen LogP contribution >= 0.6 is 0 Å². The lowest BCUT2D eigenvalue weighted by molar-refractivity contribution is 0.300. The van der Waals surface area contributed by atoms with Crippen molar-refractivity contribution in [2.24, 2.45) is 0 Å². The van der Waals surface area contributed by atoms with Gasteiger partial charge in [0.15, 0.2) is 0 Å². The van der Waals surface area contributed by atoms with Crippen molar-refractivity contribution < 1.29 is 9.13 Å². The van der Waals surface area contributed by atoms with E-state index >= 15 is 0 Å². The van der Waals surface area contributed by atoms with Gasteiger partial charge in [-0.2, -0.15) is 0 Å². The summed E-state index contributed by atoms with van der Waals surface area (Å²) in [6, 6.07) is 19.0. The zero-order valence-corrected chi connectivity index (χ0v) is 14.5. The number of halogens is 1. The summed E-state index contributed by atoms with van der Waals surface area (Å²) in [5.41, 5.74) is 4.99. The maximum absolute atomic E-state index is 14.5. The van der Waals surface area contributed by atoms with Gasteiger partial charge in [-0.25, -0.2) is 9.18 Å². The van der Waals surface area contributed by atoms with Crippen molar-refractivity contribution in [3.63, 3.8) is 0 Å². The van der Waals surface area contributed by atoms with Gasteiger partial charge in [-0.15, -0.1) is 0 Å². The third kappa shape index (κ3) is 2.72. The van der Waals surface area contributed by atoms with E-state index in [4.69, 9.17) is 4.74 Å². The molecular weight excluding hydrogens is 343 g/mol. The Balaban J connectivity index is 1.65. The van der Waals surface area contributed by atoms with Crippen LogP contribution in [0.4, 0.5) is 4.39 Å². The molecule has 1 atom stereocenters. The number of ether oxygens (including phenoxy) is 1. The molecule has 0 aliphatic carbocycles. The van der Waals surface area contributed by atoms with E-state index in [0.29, 0.717) is 12.0 Å². The van der Waals surface area contributed by atoms with Crippen LogP contribution in [0.2, 0.25) is 0 Å². The summed E-state index contributed by atoms with van der Waals surface area (Å²) >= 11 is 0. The lowest BCUT2D eigenvalue weighted by Crippen LogP contribution is -2.07. The Bertz CT molecular complexity index is 1210. The molecule has 0 amide bonds. The van der Waals surface area contributed by atoms with Crippen LogP contribution in [0.3, 0.4) is 0 Å². The predicted molar refractivity (Wildman–Crippen MR) is 102 cm³/mol. The largest absolute Gasteiger partial charge is 0.488 e. The first-order valence-corrected chi connectivity index (χ1v) is 8.89. The average Bonchev–Trinajstić information content (AvgIpc) is 2.96. The minimum atomic E-state index is -0.240. The Hall–Kier alpha value is -3.34. The molecule has 134 valence electrons. The van der Waals surface area contributed by atoms with Crippen LogP contribution in [-0.4, -0.2) is 9.97 Å². The van der Waals surface area contributed by atoms with Crippen molar-refractivity contribution in [2.45, 2.75) is 18.9 Å². The number of aromatic amines is 2. The third-order valence-corrected chi connectivity index (χ3v) is 5.22. The Morgan fingerprint density at radius 2 is 1.78 bits per heavy atom. The molecule has 1 unspecified atom stereocenters. The number of fused-ring (bicyclic) bond motifs is 3. The van der Waals surface area contributed by atoms with Crippen molar-refractivity contribution in [1.82, 2.24) is 9.97 Å². The Morgan fingerprint density at radius 3 is 2.70 bits per heavy atom. The van der Waals surface area contributed by atoms with E-state index in [-0.39, 0.29) is 24.0 Å². The van der Waals surface area contributed by atoms with Crippen LogP contribution in [0.1, 0.15) is 28.2 Å². The lowest BCUT2D eigenvalue weighted by Gasteiger charge is -2.19. The Labute approximate surface area is 154 Å². The molecule has 5 heteroatoms. The number of hydrogen-bond donors (Lipinski definition) is 2. The topological polar surface area (TPSA) is 57.9 Å². The second kappa shape index (κ2) is 6.13. The summed E-state index contributed by atoms with van der Waals surface area (Å²) in [5.74, 6) is 0.516. The van der Waals surface area contributed by atoms with Crippen molar-refractivity contribution in [3.05, 3.63) is 99.2 Å². The molecule has 0 fully saturated rings. The Kier molecular flexibility index (Phi) is 3.60. The molecule has 1 aliphatic rings. The van der Waals surface area contributed by atoms with Gasteiger partial charge in [0.05, 0.1) is 11.0 Å². The summed E-state index contributed by atoms with van der Waals surface area (Å²) < 4.78 is 20.4. The van der Waals surface area contributed by atoms with Gasteiger partial charge in [-0.3, -0.25) is 0 Å². The zero-order valence-electron chi connectivity index (χ0n) is 14.5. The molecule has 0 bridgehead atoms. The molecule has 0 saturated carbocycles. The van der Waals surface area contributed by atoms with E-state index in [2.05, 4.69) is 9.97 Å². The fourth-order valence-electron chi connectivity index (χ4n) is 3.93. The lowest BCUT2D eigenvalue weighted by atomic mass is 9.83. The van der Waals surface area contributed by atoms with Crippen LogP contribution in [0.25, 0.3) is 11.0 Å². The highest BCUT2D eigenvalue weighted by molar-refractivity contribution is 5.75. The van der Waals surface area contributed by atoms with Crippen LogP contribution in [-0.2, 0) is 13.0 Å². The second-order valence-electron chi connectivity index (χ2n) is 6.85. The van der Waals surface area contributed by atoms with Crippen LogP contribution in [0.15, 0.2) is 65.5 Å². The molecule has 1 aromatic heterocycles. The average molecular weight is 360 g/mol. The predicted octanol–water partition coefficient (Wildman–Crippen LogP) is 4.26. The number of nitrogens with one attached hydrogen (secondary N) is 2. The number of aromatic nitrogens is 2. The number of H-pyrrole nitrogens is 2. The molecule has 3 aromatic carbocycles. The molecule has 0 spiro atoms. The van der Waals surface area contributed by atoms with Crippen molar-refractivity contribution in [2.75, 3.05) is 0 Å².